The van der Waals surface area contributed by atoms with Crippen molar-refractivity contribution in [1.29, 1.82) is 0 Å². The van der Waals surface area contributed by atoms with Crippen molar-refractivity contribution < 1.29 is 4.79 Å². The number of rotatable bonds is 4. The first-order chi connectivity index (χ1) is 9.34. The number of benzene rings is 1. The molecule has 1 amide bonds. The van der Waals surface area contributed by atoms with E-state index in [1.54, 1.807) is 0 Å². The molecule has 19 heavy (non-hydrogen) atoms. The van der Waals surface area contributed by atoms with Crippen LogP contribution in [-0.4, -0.2) is 30.5 Å². The fourth-order valence-corrected chi connectivity index (χ4v) is 2.68. The van der Waals surface area contributed by atoms with Crippen LogP contribution in [0.1, 0.15) is 12.0 Å². The molecule has 0 radical (unpaired) electrons. The Morgan fingerprint density at radius 3 is 3.11 bits per heavy atom. The van der Waals surface area contributed by atoms with Crippen LogP contribution in [0.3, 0.4) is 0 Å². The number of carbonyl (C=O) groups is 1. The lowest BCUT2D eigenvalue weighted by atomic mass is 10.1. The molecule has 0 spiro atoms. The second kappa shape index (κ2) is 5.45. The number of carbonyl (C=O) groups excluding carboxylic acids is 1. The number of aromatic amines is 1. The van der Waals surface area contributed by atoms with Gasteiger partial charge in [0.1, 0.15) is 0 Å². The van der Waals surface area contributed by atoms with Crippen molar-refractivity contribution in [3.05, 3.63) is 36.0 Å². The molecule has 3 rings (SSSR count). The van der Waals surface area contributed by atoms with Gasteiger partial charge in [0, 0.05) is 30.2 Å². The van der Waals surface area contributed by atoms with E-state index in [1.807, 2.05) is 18.3 Å². The molecule has 1 unspecified atom stereocenters. The molecular weight excluding hydrogens is 238 g/mol. The second-order valence-electron chi connectivity index (χ2n) is 5.09. The van der Waals surface area contributed by atoms with Gasteiger partial charge in [0.25, 0.3) is 0 Å². The third-order valence-electron chi connectivity index (χ3n) is 3.80. The Kier molecular flexibility index (Phi) is 3.51. The first-order valence-corrected chi connectivity index (χ1v) is 6.88. The van der Waals surface area contributed by atoms with Crippen LogP contribution in [0.25, 0.3) is 10.9 Å². The SMILES string of the molecule is O=C(NCCc1c[nH]c2ccccc12)C1CCNC1. The summed E-state index contributed by atoms with van der Waals surface area (Å²) in [6, 6.07) is 8.26. The Balaban J connectivity index is 1.56. The number of hydrogen-bond acceptors (Lipinski definition) is 2. The van der Waals surface area contributed by atoms with Gasteiger partial charge < -0.3 is 15.6 Å². The van der Waals surface area contributed by atoms with Crippen molar-refractivity contribution in [2.75, 3.05) is 19.6 Å². The topological polar surface area (TPSA) is 56.9 Å². The van der Waals surface area contributed by atoms with Crippen LogP contribution in [0, 0.1) is 5.92 Å². The van der Waals surface area contributed by atoms with Crippen molar-refractivity contribution in [2.24, 2.45) is 5.92 Å². The molecule has 3 N–H and O–H groups in total. The van der Waals surface area contributed by atoms with Crippen LogP contribution in [0.4, 0.5) is 0 Å². The Labute approximate surface area is 112 Å². The molecule has 1 aliphatic rings. The summed E-state index contributed by atoms with van der Waals surface area (Å²) >= 11 is 0. The van der Waals surface area contributed by atoms with Crippen LogP contribution in [-0.2, 0) is 11.2 Å². The maximum Gasteiger partial charge on any atom is 0.224 e. The predicted molar refractivity (Wildman–Crippen MR) is 76.0 cm³/mol. The van der Waals surface area contributed by atoms with Crippen LogP contribution in [0.2, 0.25) is 0 Å². The molecule has 1 fully saturated rings. The molecule has 0 aliphatic carbocycles. The molecule has 2 aromatic rings. The Morgan fingerprint density at radius 2 is 2.26 bits per heavy atom. The molecule has 0 saturated carbocycles. The number of nitrogens with one attached hydrogen (secondary N) is 3. The van der Waals surface area contributed by atoms with E-state index in [0.717, 1.165) is 31.4 Å². The van der Waals surface area contributed by atoms with Crippen molar-refractivity contribution in [1.82, 2.24) is 15.6 Å². The first kappa shape index (κ1) is 12.2. The molecule has 4 heteroatoms. The summed E-state index contributed by atoms with van der Waals surface area (Å²) in [5, 5.41) is 7.50. The van der Waals surface area contributed by atoms with Gasteiger partial charge in [-0.3, -0.25) is 4.79 Å². The highest BCUT2D eigenvalue weighted by atomic mass is 16.1. The molecule has 0 bridgehead atoms. The molecule has 1 atom stereocenters. The van der Waals surface area contributed by atoms with E-state index in [1.165, 1.54) is 10.9 Å². The molecule has 1 saturated heterocycles. The fourth-order valence-electron chi connectivity index (χ4n) is 2.68. The number of H-pyrrole nitrogens is 1. The molecular formula is C15H19N3O. The van der Waals surface area contributed by atoms with E-state index < -0.39 is 0 Å². The van der Waals surface area contributed by atoms with E-state index in [4.69, 9.17) is 0 Å². The van der Waals surface area contributed by atoms with E-state index >= 15 is 0 Å². The Bertz CT molecular complexity index is 570. The molecule has 1 aromatic carbocycles. The van der Waals surface area contributed by atoms with Crippen LogP contribution in [0.15, 0.2) is 30.5 Å². The van der Waals surface area contributed by atoms with Crippen LogP contribution >= 0.6 is 0 Å². The standard InChI is InChI=1S/C15H19N3O/c19-15(12-5-7-16-9-12)17-8-6-11-10-18-14-4-2-1-3-13(11)14/h1-4,10,12,16,18H,5-9H2,(H,17,19). The van der Waals surface area contributed by atoms with Crippen LogP contribution in [0.5, 0.6) is 0 Å². The van der Waals surface area contributed by atoms with Gasteiger partial charge in [0.15, 0.2) is 0 Å². The summed E-state index contributed by atoms with van der Waals surface area (Å²) in [6.45, 7) is 2.48. The summed E-state index contributed by atoms with van der Waals surface area (Å²) in [6.07, 6.45) is 3.86. The summed E-state index contributed by atoms with van der Waals surface area (Å²) in [5.74, 6) is 0.341. The molecule has 4 nitrogen and oxygen atoms in total. The van der Waals surface area contributed by atoms with E-state index in [2.05, 4.69) is 27.8 Å². The van der Waals surface area contributed by atoms with Crippen molar-refractivity contribution >= 4 is 16.8 Å². The maximum atomic E-state index is 11.9. The van der Waals surface area contributed by atoms with Gasteiger partial charge in [-0.05, 0) is 31.0 Å². The first-order valence-electron chi connectivity index (χ1n) is 6.88. The average molecular weight is 257 g/mol. The van der Waals surface area contributed by atoms with Crippen molar-refractivity contribution in [2.45, 2.75) is 12.8 Å². The number of fused-ring (bicyclic) bond motifs is 1. The minimum absolute atomic E-state index is 0.156. The quantitative estimate of drug-likeness (QED) is 0.776. The Hall–Kier alpha value is -1.81. The van der Waals surface area contributed by atoms with Crippen molar-refractivity contribution in [3.63, 3.8) is 0 Å². The molecule has 1 aromatic heterocycles. The molecule has 100 valence electrons. The smallest absolute Gasteiger partial charge is 0.224 e. The molecule has 2 heterocycles. The minimum Gasteiger partial charge on any atom is -0.361 e. The van der Waals surface area contributed by atoms with Gasteiger partial charge in [-0.25, -0.2) is 0 Å². The van der Waals surface area contributed by atoms with Crippen LogP contribution < -0.4 is 10.6 Å². The zero-order valence-electron chi connectivity index (χ0n) is 10.9. The Morgan fingerprint density at radius 1 is 1.37 bits per heavy atom. The predicted octanol–water partition coefficient (Wildman–Crippen LogP) is 1.44. The highest BCUT2D eigenvalue weighted by Gasteiger charge is 2.21. The minimum atomic E-state index is 0.156. The van der Waals surface area contributed by atoms with Crippen molar-refractivity contribution in [3.8, 4) is 0 Å². The largest absolute Gasteiger partial charge is 0.361 e. The summed E-state index contributed by atoms with van der Waals surface area (Å²) in [5.41, 5.74) is 2.42. The second-order valence-corrected chi connectivity index (χ2v) is 5.09. The number of aromatic nitrogens is 1. The summed E-state index contributed by atoms with van der Waals surface area (Å²) in [7, 11) is 0. The highest BCUT2D eigenvalue weighted by Crippen LogP contribution is 2.17. The lowest BCUT2D eigenvalue weighted by Gasteiger charge is -2.09. The third-order valence-corrected chi connectivity index (χ3v) is 3.80. The number of amides is 1. The van der Waals surface area contributed by atoms with Gasteiger partial charge in [-0.15, -0.1) is 0 Å². The normalized spacial score (nSPS) is 18.8. The van der Waals surface area contributed by atoms with E-state index in [-0.39, 0.29) is 11.8 Å². The van der Waals surface area contributed by atoms with Gasteiger partial charge in [-0.1, -0.05) is 18.2 Å². The monoisotopic (exact) mass is 257 g/mol. The molecule has 1 aliphatic heterocycles. The average Bonchev–Trinajstić information content (AvgIpc) is 3.08. The van der Waals surface area contributed by atoms with Gasteiger partial charge in [-0.2, -0.15) is 0 Å². The van der Waals surface area contributed by atoms with E-state index in [9.17, 15) is 4.79 Å². The summed E-state index contributed by atoms with van der Waals surface area (Å²) < 4.78 is 0. The lowest BCUT2D eigenvalue weighted by Crippen LogP contribution is -2.33. The third kappa shape index (κ3) is 2.63. The van der Waals surface area contributed by atoms with E-state index in [0.29, 0.717) is 6.54 Å². The maximum absolute atomic E-state index is 11.9. The number of hydrogen-bond donors (Lipinski definition) is 3. The lowest BCUT2D eigenvalue weighted by molar-refractivity contribution is -0.124. The number of para-hydroxylation sites is 1. The highest BCUT2D eigenvalue weighted by molar-refractivity contribution is 5.83. The van der Waals surface area contributed by atoms with Gasteiger partial charge >= 0.3 is 0 Å². The fraction of sp³-hybridized carbons (Fsp3) is 0.400. The van der Waals surface area contributed by atoms with Gasteiger partial charge in [0.05, 0.1) is 5.92 Å². The van der Waals surface area contributed by atoms with Gasteiger partial charge in [0.2, 0.25) is 5.91 Å². The zero-order chi connectivity index (χ0) is 13.1. The zero-order valence-corrected chi connectivity index (χ0v) is 10.9. The summed E-state index contributed by atoms with van der Waals surface area (Å²) in [4.78, 5) is 15.1.